The number of morpholine rings is 1. The number of methoxy groups -OCH3 is 1. The van der Waals surface area contributed by atoms with E-state index < -0.39 is 0 Å². The normalized spacial score (nSPS) is 31.1. The van der Waals surface area contributed by atoms with Crippen LogP contribution < -0.4 is 4.74 Å². The van der Waals surface area contributed by atoms with Crippen molar-refractivity contribution in [3.05, 3.63) is 29.8 Å². The Kier molecular flexibility index (Phi) is 4.56. The molecule has 1 aliphatic heterocycles. The first-order valence-corrected chi connectivity index (χ1v) is 8.94. The molecule has 0 bridgehead atoms. The second-order valence-corrected chi connectivity index (χ2v) is 7.08. The molecule has 2 saturated carbocycles. The number of rotatable bonds is 6. The molecule has 4 heteroatoms. The average Bonchev–Trinajstić information content (AvgIpc) is 3.33. The van der Waals surface area contributed by atoms with Gasteiger partial charge in [0.25, 0.3) is 0 Å². The van der Waals surface area contributed by atoms with E-state index in [2.05, 4.69) is 17.0 Å². The molecule has 1 aromatic rings. The van der Waals surface area contributed by atoms with Crippen LogP contribution in [0.1, 0.15) is 31.2 Å². The van der Waals surface area contributed by atoms with Gasteiger partial charge in [0.2, 0.25) is 0 Å². The fourth-order valence-corrected chi connectivity index (χ4v) is 3.96. The molecular weight excluding hydrogens is 290 g/mol. The lowest BCUT2D eigenvalue weighted by molar-refractivity contribution is -0.116. The van der Waals surface area contributed by atoms with Crippen LogP contribution in [0.15, 0.2) is 24.3 Å². The van der Waals surface area contributed by atoms with E-state index in [1.165, 1.54) is 24.8 Å². The molecule has 0 N–H and O–H groups in total. The quantitative estimate of drug-likeness (QED) is 0.807. The molecule has 23 heavy (non-hydrogen) atoms. The molecule has 126 valence electrons. The van der Waals surface area contributed by atoms with Crippen molar-refractivity contribution in [2.24, 2.45) is 5.92 Å². The minimum absolute atomic E-state index is 0.247. The van der Waals surface area contributed by atoms with Crippen LogP contribution in [-0.4, -0.2) is 50.0 Å². The third kappa shape index (κ3) is 3.39. The molecule has 0 spiro atoms. The standard InChI is InChI=1S/C19H27NO3/c1-21-17-5-3-2-4-15(17)12-20-10-11-22-19-16(20)8-9-18(19)23-13-14-6-7-14/h2-5,14,16,18-19H,6-13H2,1H3/t16-,18-,19+/m0/s1. The van der Waals surface area contributed by atoms with Gasteiger partial charge in [0.05, 0.1) is 25.9 Å². The van der Waals surface area contributed by atoms with Crippen LogP contribution >= 0.6 is 0 Å². The maximum absolute atomic E-state index is 6.16. The Bertz CT molecular complexity index is 531. The highest BCUT2D eigenvalue weighted by Crippen LogP contribution is 2.36. The summed E-state index contributed by atoms with van der Waals surface area (Å²) in [6, 6.07) is 8.81. The molecule has 0 radical (unpaired) electrons. The topological polar surface area (TPSA) is 30.9 Å². The smallest absolute Gasteiger partial charge is 0.123 e. The van der Waals surface area contributed by atoms with Gasteiger partial charge in [-0.15, -0.1) is 0 Å². The van der Waals surface area contributed by atoms with E-state index in [1.54, 1.807) is 7.11 Å². The Balaban J connectivity index is 1.41. The molecular formula is C19H27NO3. The number of nitrogens with zero attached hydrogens (tertiary/aromatic N) is 1. The zero-order chi connectivity index (χ0) is 15.6. The Hall–Kier alpha value is -1.10. The van der Waals surface area contributed by atoms with Gasteiger partial charge in [0.15, 0.2) is 0 Å². The summed E-state index contributed by atoms with van der Waals surface area (Å²) in [7, 11) is 1.75. The number of para-hydroxylation sites is 1. The lowest BCUT2D eigenvalue weighted by atomic mass is 10.1. The molecule has 0 amide bonds. The fraction of sp³-hybridized carbons (Fsp3) is 0.684. The minimum atomic E-state index is 0.247. The minimum Gasteiger partial charge on any atom is -0.496 e. The highest BCUT2D eigenvalue weighted by Gasteiger charge is 2.43. The Morgan fingerprint density at radius 3 is 2.87 bits per heavy atom. The van der Waals surface area contributed by atoms with E-state index in [9.17, 15) is 0 Å². The molecule has 2 aliphatic carbocycles. The first-order chi connectivity index (χ1) is 11.3. The van der Waals surface area contributed by atoms with Gasteiger partial charge in [-0.05, 0) is 37.7 Å². The second-order valence-electron chi connectivity index (χ2n) is 7.08. The molecule has 1 saturated heterocycles. The third-order valence-corrected chi connectivity index (χ3v) is 5.46. The predicted molar refractivity (Wildman–Crippen MR) is 88.6 cm³/mol. The summed E-state index contributed by atoms with van der Waals surface area (Å²) in [5.74, 6) is 1.80. The molecule has 4 nitrogen and oxygen atoms in total. The van der Waals surface area contributed by atoms with Crippen LogP contribution in [0.25, 0.3) is 0 Å². The Morgan fingerprint density at radius 1 is 1.17 bits per heavy atom. The van der Waals surface area contributed by atoms with E-state index in [4.69, 9.17) is 14.2 Å². The van der Waals surface area contributed by atoms with Crippen LogP contribution in [0, 0.1) is 5.92 Å². The van der Waals surface area contributed by atoms with Crippen molar-refractivity contribution in [2.45, 2.75) is 50.5 Å². The summed E-state index contributed by atoms with van der Waals surface area (Å²) in [5.41, 5.74) is 1.26. The Morgan fingerprint density at radius 2 is 2.04 bits per heavy atom. The highest BCUT2D eigenvalue weighted by atomic mass is 16.5. The van der Waals surface area contributed by atoms with Crippen molar-refractivity contribution < 1.29 is 14.2 Å². The lowest BCUT2D eigenvalue weighted by Crippen LogP contribution is -2.51. The summed E-state index contributed by atoms with van der Waals surface area (Å²) in [6.45, 7) is 3.67. The van der Waals surface area contributed by atoms with Gasteiger partial charge >= 0.3 is 0 Å². The maximum Gasteiger partial charge on any atom is 0.123 e. The van der Waals surface area contributed by atoms with Crippen molar-refractivity contribution in [2.75, 3.05) is 26.9 Å². The average molecular weight is 317 g/mol. The monoisotopic (exact) mass is 317 g/mol. The predicted octanol–water partition coefficient (Wildman–Crippen LogP) is 2.85. The third-order valence-electron chi connectivity index (χ3n) is 5.46. The number of fused-ring (bicyclic) bond motifs is 1. The molecule has 1 aromatic carbocycles. The summed E-state index contributed by atoms with van der Waals surface area (Å²) < 4.78 is 17.8. The number of ether oxygens (including phenoxy) is 3. The first-order valence-electron chi connectivity index (χ1n) is 8.94. The highest BCUT2D eigenvalue weighted by molar-refractivity contribution is 5.33. The summed E-state index contributed by atoms with van der Waals surface area (Å²) in [5, 5.41) is 0. The molecule has 3 fully saturated rings. The van der Waals surface area contributed by atoms with Gasteiger partial charge < -0.3 is 14.2 Å². The molecule has 3 aliphatic rings. The first kappa shape index (κ1) is 15.4. The fourth-order valence-electron chi connectivity index (χ4n) is 3.96. The summed E-state index contributed by atoms with van der Waals surface area (Å²) in [6.07, 6.45) is 5.54. The second kappa shape index (κ2) is 6.80. The molecule has 0 aromatic heterocycles. The van der Waals surface area contributed by atoms with Gasteiger partial charge in [-0.25, -0.2) is 0 Å². The van der Waals surface area contributed by atoms with Gasteiger partial charge in [-0.2, -0.15) is 0 Å². The van der Waals surface area contributed by atoms with E-state index in [0.717, 1.165) is 44.4 Å². The molecule has 3 atom stereocenters. The van der Waals surface area contributed by atoms with Gasteiger partial charge in [-0.3, -0.25) is 4.90 Å². The van der Waals surface area contributed by atoms with Crippen molar-refractivity contribution in [3.63, 3.8) is 0 Å². The van der Waals surface area contributed by atoms with Crippen molar-refractivity contribution in [1.29, 1.82) is 0 Å². The number of hydrogen-bond acceptors (Lipinski definition) is 4. The Labute approximate surface area is 138 Å². The number of benzene rings is 1. The van der Waals surface area contributed by atoms with Crippen LogP contribution in [0.2, 0.25) is 0 Å². The van der Waals surface area contributed by atoms with Crippen LogP contribution in [0.3, 0.4) is 0 Å². The van der Waals surface area contributed by atoms with Crippen LogP contribution in [0.4, 0.5) is 0 Å². The molecule has 4 rings (SSSR count). The van der Waals surface area contributed by atoms with Crippen molar-refractivity contribution >= 4 is 0 Å². The zero-order valence-electron chi connectivity index (χ0n) is 13.9. The summed E-state index contributed by atoms with van der Waals surface area (Å²) in [4.78, 5) is 2.56. The van der Waals surface area contributed by atoms with Gasteiger partial charge in [0, 0.05) is 31.3 Å². The van der Waals surface area contributed by atoms with E-state index in [0.29, 0.717) is 12.1 Å². The van der Waals surface area contributed by atoms with Crippen molar-refractivity contribution in [1.82, 2.24) is 4.90 Å². The largest absolute Gasteiger partial charge is 0.496 e. The van der Waals surface area contributed by atoms with E-state index in [-0.39, 0.29) is 6.10 Å². The van der Waals surface area contributed by atoms with Crippen molar-refractivity contribution in [3.8, 4) is 5.75 Å². The molecule has 0 unspecified atom stereocenters. The zero-order valence-corrected chi connectivity index (χ0v) is 13.9. The molecule has 1 heterocycles. The maximum atomic E-state index is 6.16. The van der Waals surface area contributed by atoms with Crippen LogP contribution in [0.5, 0.6) is 5.75 Å². The van der Waals surface area contributed by atoms with E-state index >= 15 is 0 Å². The SMILES string of the molecule is COc1ccccc1CN1CCO[C@H]2[C@@H](OCC3CC3)CC[C@@H]21. The van der Waals surface area contributed by atoms with Crippen LogP contribution in [-0.2, 0) is 16.0 Å². The lowest BCUT2D eigenvalue weighted by Gasteiger charge is -2.39. The number of hydrogen-bond donors (Lipinski definition) is 0. The van der Waals surface area contributed by atoms with Gasteiger partial charge in [0.1, 0.15) is 5.75 Å². The summed E-state index contributed by atoms with van der Waals surface area (Å²) >= 11 is 0. The van der Waals surface area contributed by atoms with E-state index in [1.807, 2.05) is 12.1 Å². The van der Waals surface area contributed by atoms with Gasteiger partial charge in [-0.1, -0.05) is 18.2 Å².